The molecule has 112 valence electrons. The number of carboxylic acids is 1. The average Bonchev–Trinajstić information content (AvgIpc) is 2.45. The summed E-state index contributed by atoms with van der Waals surface area (Å²) in [6.45, 7) is 1.65. The van der Waals surface area contributed by atoms with Gasteiger partial charge >= 0.3 is 11.9 Å². The number of rotatable bonds is 7. The number of hydrogen-bond donors (Lipinski definition) is 1. The Morgan fingerprint density at radius 1 is 1.38 bits per heavy atom. The lowest BCUT2D eigenvalue weighted by atomic mass is 9.76. The van der Waals surface area contributed by atoms with Crippen molar-refractivity contribution in [3.8, 4) is 12.3 Å². The summed E-state index contributed by atoms with van der Waals surface area (Å²) in [6.07, 6.45) is 5.85. The van der Waals surface area contributed by atoms with E-state index < -0.39 is 23.2 Å². The van der Waals surface area contributed by atoms with Gasteiger partial charge < -0.3 is 9.84 Å². The standard InChI is InChI=1S/C16H17FO4/c1-3-5-6-11-16(14(18)19,15(20)21-4-2)12-7-9-13(17)10-8-12/h1,7-10H,4-6,11H2,2H3,(H,18,19). The van der Waals surface area contributed by atoms with Gasteiger partial charge in [0, 0.05) is 6.42 Å². The van der Waals surface area contributed by atoms with Crippen molar-refractivity contribution < 1.29 is 23.8 Å². The molecule has 0 spiro atoms. The lowest BCUT2D eigenvalue weighted by Crippen LogP contribution is -2.45. The van der Waals surface area contributed by atoms with Crippen LogP contribution in [0.15, 0.2) is 24.3 Å². The zero-order valence-electron chi connectivity index (χ0n) is 11.8. The smallest absolute Gasteiger partial charge is 0.328 e. The number of hydrogen-bond acceptors (Lipinski definition) is 3. The molecule has 1 aromatic carbocycles. The first kappa shape index (κ1) is 16.7. The molecule has 0 fully saturated rings. The second kappa shape index (κ2) is 7.44. The van der Waals surface area contributed by atoms with Crippen molar-refractivity contribution in [3.05, 3.63) is 35.6 Å². The summed E-state index contributed by atoms with van der Waals surface area (Å²) < 4.78 is 18.0. The molecule has 1 unspecified atom stereocenters. The minimum Gasteiger partial charge on any atom is -0.480 e. The van der Waals surface area contributed by atoms with E-state index in [1.807, 2.05) is 0 Å². The lowest BCUT2D eigenvalue weighted by molar-refractivity contribution is -0.162. The van der Waals surface area contributed by atoms with Crippen LogP contribution in [0.1, 0.15) is 31.7 Å². The van der Waals surface area contributed by atoms with Crippen LogP contribution in [-0.2, 0) is 19.7 Å². The van der Waals surface area contributed by atoms with Crippen molar-refractivity contribution in [2.24, 2.45) is 0 Å². The second-order valence-corrected chi connectivity index (χ2v) is 4.50. The van der Waals surface area contributed by atoms with Crippen LogP contribution in [0.3, 0.4) is 0 Å². The van der Waals surface area contributed by atoms with Crippen LogP contribution in [0.25, 0.3) is 0 Å². The summed E-state index contributed by atoms with van der Waals surface area (Å²) in [6, 6.07) is 4.81. The monoisotopic (exact) mass is 292 g/mol. The third-order valence-electron chi connectivity index (χ3n) is 3.20. The molecule has 21 heavy (non-hydrogen) atoms. The predicted octanol–water partition coefficient (Wildman–Crippen LogP) is 2.51. The van der Waals surface area contributed by atoms with E-state index in [0.29, 0.717) is 12.8 Å². The molecule has 0 saturated carbocycles. The van der Waals surface area contributed by atoms with Crippen molar-refractivity contribution in [2.75, 3.05) is 6.61 Å². The largest absolute Gasteiger partial charge is 0.480 e. The Kier molecular flexibility index (Phi) is 5.92. The van der Waals surface area contributed by atoms with Crippen LogP contribution in [-0.4, -0.2) is 23.7 Å². The molecule has 1 aromatic rings. The van der Waals surface area contributed by atoms with Gasteiger partial charge in [0.25, 0.3) is 0 Å². The average molecular weight is 292 g/mol. The summed E-state index contributed by atoms with van der Waals surface area (Å²) in [5.74, 6) is -0.292. The number of carbonyl (C=O) groups excluding carboxylic acids is 1. The highest BCUT2D eigenvalue weighted by Crippen LogP contribution is 2.32. The zero-order chi connectivity index (χ0) is 15.9. The number of carboxylic acid groups (broad SMARTS) is 1. The maximum atomic E-state index is 13.0. The maximum Gasteiger partial charge on any atom is 0.328 e. The number of halogens is 1. The molecule has 1 N–H and O–H groups in total. The van der Waals surface area contributed by atoms with Crippen LogP contribution < -0.4 is 0 Å². The number of aliphatic carboxylic acids is 1. The van der Waals surface area contributed by atoms with Crippen LogP contribution in [0, 0.1) is 18.2 Å². The molecule has 1 atom stereocenters. The molecule has 1 rings (SSSR count). The van der Waals surface area contributed by atoms with E-state index in [4.69, 9.17) is 11.2 Å². The fourth-order valence-corrected chi connectivity index (χ4v) is 2.13. The first-order chi connectivity index (χ1) is 9.98. The molecule has 0 aliphatic rings. The van der Waals surface area contributed by atoms with Crippen LogP contribution >= 0.6 is 0 Å². The fourth-order valence-electron chi connectivity index (χ4n) is 2.13. The van der Waals surface area contributed by atoms with E-state index in [1.54, 1.807) is 6.92 Å². The lowest BCUT2D eigenvalue weighted by Gasteiger charge is -2.27. The predicted molar refractivity (Wildman–Crippen MR) is 75.0 cm³/mol. The summed E-state index contributed by atoms with van der Waals surface area (Å²) in [4.78, 5) is 24.0. The zero-order valence-corrected chi connectivity index (χ0v) is 11.8. The number of benzene rings is 1. The number of unbranched alkanes of at least 4 members (excludes halogenated alkanes) is 1. The molecule has 4 nitrogen and oxygen atoms in total. The number of carbonyl (C=O) groups is 2. The number of ether oxygens (including phenoxy) is 1. The van der Waals surface area contributed by atoms with Gasteiger partial charge in [0.2, 0.25) is 0 Å². The third kappa shape index (κ3) is 3.60. The quantitative estimate of drug-likeness (QED) is 0.363. The Morgan fingerprint density at radius 2 is 2.00 bits per heavy atom. The number of esters is 1. The van der Waals surface area contributed by atoms with E-state index >= 15 is 0 Å². The first-order valence-electron chi connectivity index (χ1n) is 6.59. The Labute approximate surface area is 122 Å². The molecule has 5 heteroatoms. The highest BCUT2D eigenvalue weighted by atomic mass is 19.1. The van der Waals surface area contributed by atoms with Gasteiger partial charge in [0.15, 0.2) is 5.41 Å². The van der Waals surface area contributed by atoms with Crippen LogP contribution in [0.2, 0.25) is 0 Å². The summed E-state index contributed by atoms with van der Waals surface area (Å²) in [5.41, 5.74) is -1.67. The van der Waals surface area contributed by atoms with Crippen molar-refractivity contribution >= 4 is 11.9 Å². The maximum absolute atomic E-state index is 13.0. The van der Waals surface area contributed by atoms with Crippen molar-refractivity contribution in [3.63, 3.8) is 0 Å². The first-order valence-corrected chi connectivity index (χ1v) is 6.59. The molecule has 0 heterocycles. The van der Waals surface area contributed by atoms with Gasteiger partial charge in [-0.15, -0.1) is 12.3 Å². The van der Waals surface area contributed by atoms with Gasteiger partial charge in [-0.05, 0) is 37.5 Å². The van der Waals surface area contributed by atoms with Gasteiger partial charge in [-0.1, -0.05) is 12.1 Å². The molecular weight excluding hydrogens is 275 g/mol. The summed E-state index contributed by atoms with van der Waals surface area (Å²) in [5, 5.41) is 9.60. The minimum atomic E-state index is -1.86. The van der Waals surface area contributed by atoms with E-state index in [0.717, 1.165) is 12.1 Å². The Balaban J connectivity index is 3.29. The second-order valence-electron chi connectivity index (χ2n) is 4.50. The third-order valence-corrected chi connectivity index (χ3v) is 3.20. The van der Waals surface area contributed by atoms with Crippen LogP contribution in [0.4, 0.5) is 4.39 Å². The molecule has 0 bridgehead atoms. The van der Waals surface area contributed by atoms with E-state index in [1.165, 1.54) is 12.1 Å². The Bertz CT molecular complexity index is 544. The van der Waals surface area contributed by atoms with Crippen LogP contribution in [0.5, 0.6) is 0 Å². The Hall–Kier alpha value is -2.35. The highest BCUT2D eigenvalue weighted by Gasteiger charge is 2.48. The van der Waals surface area contributed by atoms with E-state index in [-0.39, 0.29) is 18.6 Å². The molecule has 0 amide bonds. The van der Waals surface area contributed by atoms with Crippen molar-refractivity contribution in [2.45, 2.75) is 31.6 Å². The summed E-state index contributed by atoms with van der Waals surface area (Å²) >= 11 is 0. The van der Waals surface area contributed by atoms with Crippen molar-refractivity contribution in [1.82, 2.24) is 0 Å². The van der Waals surface area contributed by atoms with Gasteiger partial charge in [-0.3, -0.25) is 9.59 Å². The van der Waals surface area contributed by atoms with Gasteiger partial charge in [0.1, 0.15) is 5.82 Å². The van der Waals surface area contributed by atoms with Gasteiger partial charge in [-0.2, -0.15) is 0 Å². The summed E-state index contributed by atoms with van der Waals surface area (Å²) in [7, 11) is 0. The number of terminal acetylenes is 1. The SMILES string of the molecule is C#CCCCC(C(=O)O)(C(=O)OCC)c1ccc(F)cc1. The van der Waals surface area contributed by atoms with E-state index in [9.17, 15) is 19.1 Å². The van der Waals surface area contributed by atoms with Crippen molar-refractivity contribution in [1.29, 1.82) is 0 Å². The Morgan fingerprint density at radius 3 is 2.48 bits per heavy atom. The van der Waals surface area contributed by atoms with Gasteiger partial charge in [0.05, 0.1) is 6.61 Å². The molecule has 0 saturated heterocycles. The fraction of sp³-hybridized carbons (Fsp3) is 0.375. The molecule has 0 aromatic heterocycles. The topological polar surface area (TPSA) is 63.6 Å². The van der Waals surface area contributed by atoms with Gasteiger partial charge in [-0.25, -0.2) is 4.39 Å². The normalized spacial score (nSPS) is 13.0. The van der Waals surface area contributed by atoms with E-state index in [2.05, 4.69) is 5.92 Å². The highest BCUT2D eigenvalue weighted by molar-refractivity contribution is 6.05. The molecule has 0 radical (unpaired) electrons. The minimum absolute atomic E-state index is 0.00298. The molecular formula is C16H17FO4. The molecule has 0 aliphatic heterocycles. The molecule has 0 aliphatic carbocycles.